The zero-order valence-electron chi connectivity index (χ0n) is 22.2. The summed E-state index contributed by atoms with van der Waals surface area (Å²) >= 11 is 0. The molecule has 38 heavy (non-hydrogen) atoms. The van der Waals surface area contributed by atoms with Gasteiger partial charge in [0.2, 0.25) is 0 Å². The van der Waals surface area contributed by atoms with Crippen molar-refractivity contribution in [3.63, 3.8) is 0 Å². The average Bonchev–Trinajstić information content (AvgIpc) is 3.29. The first-order valence-electron chi connectivity index (χ1n) is 13.3. The molecule has 0 amide bonds. The number of fused-ring (bicyclic) bond motifs is 6. The molecule has 0 saturated heterocycles. The number of nitrogens with one attached hydrogen (secondary N) is 2. The first-order valence-corrected chi connectivity index (χ1v) is 13.3. The first-order chi connectivity index (χ1) is 18.2. The maximum atomic E-state index is 8.80. The highest BCUT2D eigenvalue weighted by Crippen LogP contribution is 2.51. The largest absolute Gasteiger partial charge is 0.299 e. The van der Waals surface area contributed by atoms with Gasteiger partial charge in [-0.25, -0.2) is 0 Å². The van der Waals surface area contributed by atoms with Crippen LogP contribution >= 0.6 is 0 Å². The van der Waals surface area contributed by atoms with Gasteiger partial charge in [0.05, 0.1) is 11.4 Å². The van der Waals surface area contributed by atoms with E-state index in [1.807, 2.05) is 6.08 Å². The number of benzene rings is 4. The third kappa shape index (κ3) is 3.01. The zero-order valence-corrected chi connectivity index (χ0v) is 22.2. The molecule has 2 N–H and O–H groups in total. The Bertz CT molecular complexity index is 1790. The molecule has 0 atom stereocenters. The van der Waals surface area contributed by atoms with Gasteiger partial charge in [-0.15, -0.1) is 0 Å². The van der Waals surface area contributed by atoms with Gasteiger partial charge in [-0.05, 0) is 85.5 Å². The molecular formula is C36H30N2. The van der Waals surface area contributed by atoms with Crippen LogP contribution in [-0.2, 0) is 10.8 Å². The van der Waals surface area contributed by atoms with Gasteiger partial charge in [0.1, 0.15) is 0 Å². The van der Waals surface area contributed by atoms with Crippen LogP contribution in [0.2, 0.25) is 0 Å². The Morgan fingerprint density at radius 2 is 0.974 bits per heavy atom. The molecule has 3 aliphatic rings. The number of rotatable bonds is 2. The lowest BCUT2D eigenvalue weighted by molar-refractivity contribution is 0.660. The lowest BCUT2D eigenvalue weighted by atomic mass is 9.80. The molecule has 2 nitrogen and oxygen atoms in total. The summed E-state index contributed by atoms with van der Waals surface area (Å²) < 4.78 is 0. The molecule has 3 aliphatic carbocycles. The van der Waals surface area contributed by atoms with Gasteiger partial charge in [-0.1, -0.05) is 100 Å². The summed E-state index contributed by atoms with van der Waals surface area (Å²) in [6.07, 6.45) is 3.95. The van der Waals surface area contributed by atoms with Gasteiger partial charge in [0, 0.05) is 16.4 Å². The van der Waals surface area contributed by atoms with Crippen molar-refractivity contribution in [1.29, 1.82) is 10.8 Å². The van der Waals surface area contributed by atoms with Crippen LogP contribution in [0.5, 0.6) is 0 Å². The molecular weight excluding hydrogens is 460 g/mol. The molecule has 184 valence electrons. The van der Waals surface area contributed by atoms with Crippen molar-refractivity contribution in [2.75, 3.05) is 0 Å². The Morgan fingerprint density at radius 3 is 1.55 bits per heavy atom. The highest BCUT2D eigenvalue weighted by atomic mass is 14.5. The Kier molecular flexibility index (Phi) is 4.58. The lowest BCUT2D eigenvalue weighted by Gasteiger charge is -2.24. The normalized spacial score (nSPS) is 17.8. The van der Waals surface area contributed by atoms with E-state index in [0.29, 0.717) is 0 Å². The molecule has 4 aromatic rings. The van der Waals surface area contributed by atoms with E-state index in [0.717, 1.165) is 22.3 Å². The second-order valence-corrected chi connectivity index (χ2v) is 11.8. The van der Waals surface area contributed by atoms with Crippen LogP contribution in [-0.4, -0.2) is 11.4 Å². The predicted molar refractivity (Wildman–Crippen MR) is 159 cm³/mol. The lowest BCUT2D eigenvalue weighted by Crippen LogP contribution is -2.18. The molecule has 0 saturated carbocycles. The third-order valence-electron chi connectivity index (χ3n) is 8.95. The number of hydrogen-bond acceptors (Lipinski definition) is 2. The second kappa shape index (κ2) is 7.61. The molecule has 0 aromatic heterocycles. The fraction of sp³-hybridized carbons (Fsp3) is 0.167. The van der Waals surface area contributed by atoms with E-state index in [1.165, 1.54) is 44.5 Å². The van der Waals surface area contributed by atoms with Crippen molar-refractivity contribution in [3.8, 4) is 22.3 Å². The van der Waals surface area contributed by atoms with Crippen LogP contribution in [0.3, 0.4) is 0 Å². The number of hydrogen-bond donors (Lipinski definition) is 2. The van der Waals surface area contributed by atoms with Crippen LogP contribution in [0.25, 0.3) is 33.4 Å². The monoisotopic (exact) mass is 490 g/mol. The van der Waals surface area contributed by atoms with Crippen molar-refractivity contribution in [3.05, 3.63) is 130 Å². The quantitative estimate of drug-likeness (QED) is 0.264. The molecule has 0 bridgehead atoms. The van der Waals surface area contributed by atoms with Gasteiger partial charge >= 0.3 is 0 Å². The number of allylic oxidation sites excluding steroid dienone is 4. The molecule has 0 unspecified atom stereocenters. The summed E-state index contributed by atoms with van der Waals surface area (Å²) in [5.41, 5.74) is 14.7. The fourth-order valence-electron chi connectivity index (χ4n) is 6.79. The van der Waals surface area contributed by atoms with E-state index in [-0.39, 0.29) is 22.3 Å². The Labute approximate surface area is 224 Å². The summed E-state index contributed by atoms with van der Waals surface area (Å²) in [6, 6.07) is 30.6. The summed E-state index contributed by atoms with van der Waals surface area (Å²) in [5.74, 6) is 0. The topological polar surface area (TPSA) is 47.7 Å². The van der Waals surface area contributed by atoms with Crippen molar-refractivity contribution in [1.82, 2.24) is 0 Å². The predicted octanol–water partition coefficient (Wildman–Crippen LogP) is 8.82. The molecule has 0 radical (unpaired) electrons. The van der Waals surface area contributed by atoms with E-state index in [4.69, 9.17) is 10.8 Å². The molecule has 2 heteroatoms. The van der Waals surface area contributed by atoms with Gasteiger partial charge in [0.15, 0.2) is 0 Å². The minimum atomic E-state index is -0.105. The molecule has 0 heterocycles. The van der Waals surface area contributed by atoms with Crippen LogP contribution in [0, 0.1) is 10.8 Å². The van der Waals surface area contributed by atoms with Crippen molar-refractivity contribution < 1.29 is 0 Å². The van der Waals surface area contributed by atoms with E-state index >= 15 is 0 Å². The van der Waals surface area contributed by atoms with Crippen LogP contribution in [0.1, 0.15) is 61.1 Å². The third-order valence-corrected chi connectivity index (χ3v) is 8.95. The van der Waals surface area contributed by atoms with Gasteiger partial charge < -0.3 is 0 Å². The van der Waals surface area contributed by atoms with E-state index < -0.39 is 0 Å². The summed E-state index contributed by atoms with van der Waals surface area (Å²) in [7, 11) is 0. The highest BCUT2D eigenvalue weighted by molar-refractivity contribution is 6.61. The minimum Gasteiger partial charge on any atom is -0.299 e. The van der Waals surface area contributed by atoms with Crippen LogP contribution < -0.4 is 0 Å². The van der Waals surface area contributed by atoms with Crippen LogP contribution in [0.4, 0.5) is 0 Å². The summed E-state index contributed by atoms with van der Waals surface area (Å²) in [4.78, 5) is 0. The Morgan fingerprint density at radius 1 is 0.500 bits per heavy atom. The zero-order chi connectivity index (χ0) is 26.4. The second-order valence-electron chi connectivity index (χ2n) is 11.8. The Balaban J connectivity index is 1.33. The molecule has 0 aliphatic heterocycles. The molecule has 4 aromatic carbocycles. The first kappa shape index (κ1) is 22.9. The molecule has 7 rings (SSSR count). The maximum absolute atomic E-state index is 8.80. The van der Waals surface area contributed by atoms with Crippen molar-refractivity contribution >= 4 is 22.6 Å². The molecule has 0 fully saturated rings. The van der Waals surface area contributed by atoms with E-state index in [9.17, 15) is 0 Å². The summed E-state index contributed by atoms with van der Waals surface area (Å²) in [5, 5.41) is 17.5. The SMILES string of the molecule is CC1(C)c2ccccc2-c2ccc(C3=CC(=N)C(=N)C(c4ccc5c(c4)C(C)(C)c4ccccc4-5)=C3)cc21. The van der Waals surface area contributed by atoms with Gasteiger partial charge in [-0.3, -0.25) is 10.8 Å². The van der Waals surface area contributed by atoms with E-state index in [2.05, 4.69) is 119 Å². The molecule has 0 spiro atoms. The minimum absolute atomic E-state index is 0.0789. The standard InChI is InChI=1S/C36H30N2/c1-35(2)29-11-7-5-9-24(29)26-15-13-21(18-31(26)35)23-17-28(34(38)33(37)20-23)22-14-16-27-25-10-6-8-12-30(25)36(3,4)32(27)19-22/h5-20,37-38H,1-4H3. The summed E-state index contributed by atoms with van der Waals surface area (Å²) in [6.45, 7) is 9.14. The van der Waals surface area contributed by atoms with Crippen LogP contribution in [0.15, 0.2) is 97.1 Å². The maximum Gasteiger partial charge on any atom is 0.0867 e. The van der Waals surface area contributed by atoms with Crippen molar-refractivity contribution in [2.24, 2.45) is 0 Å². The van der Waals surface area contributed by atoms with E-state index in [1.54, 1.807) is 0 Å². The van der Waals surface area contributed by atoms with Crippen molar-refractivity contribution in [2.45, 2.75) is 38.5 Å². The highest BCUT2D eigenvalue weighted by Gasteiger charge is 2.37. The fourth-order valence-corrected chi connectivity index (χ4v) is 6.79. The Hall–Kier alpha value is -4.30. The van der Waals surface area contributed by atoms with Gasteiger partial charge in [0.25, 0.3) is 0 Å². The average molecular weight is 491 g/mol. The smallest absolute Gasteiger partial charge is 0.0867 e. The van der Waals surface area contributed by atoms with Gasteiger partial charge in [-0.2, -0.15) is 0 Å².